The number of carboxylic acids is 1. The van der Waals surface area contributed by atoms with E-state index in [-0.39, 0.29) is 24.5 Å². The zero-order valence-corrected chi connectivity index (χ0v) is 18.0. The third-order valence-corrected chi connectivity index (χ3v) is 6.16. The van der Waals surface area contributed by atoms with Gasteiger partial charge in [0, 0.05) is 28.0 Å². The maximum Gasteiger partial charge on any atom is 0.224 e. The van der Waals surface area contributed by atoms with Crippen molar-refractivity contribution < 1.29 is 19.5 Å². The molecule has 0 spiro atoms. The summed E-state index contributed by atoms with van der Waals surface area (Å²) < 4.78 is 0.690. The van der Waals surface area contributed by atoms with Crippen LogP contribution >= 0.6 is 27.5 Å². The van der Waals surface area contributed by atoms with E-state index in [0.29, 0.717) is 39.2 Å². The molecule has 1 saturated carbocycles. The third kappa shape index (κ3) is 5.25. The summed E-state index contributed by atoms with van der Waals surface area (Å²) in [6, 6.07) is 11.7. The summed E-state index contributed by atoms with van der Waals surface area (Å²) in [7, 11) is 0. The van der Waals surface area contributed by atoms with Crippen LogP contribution in [0.5, 0.6) is 0 Å². The topological polar surface area (TPSA) is 86.3 Å². The zero-order valence-electron chi connectivity index (χ0n) is 15.7. The molecule has 2 aromatic rings. The molecule has 1 aliphatic rings. The first-order valence-corrected chi connectivity index (χ1v) is 10.6. The summed E-state index contributed by atoms with van der Waals surface area (Å²) in [5, 5.41) is 14.3. The lowest BCUT2D eigenvalue weighted by Crippen LogP contribution is -2.33. The summed E-state index contributed by atoms with van der Waals surface area (Å²) in [6.45, 7) is 0. The Kier molecular flexibility index (Phi) is 6.75. The van der Waals surface area contributed by atoms with Gasteiger partial charge in [-0.15, -0.1) is 0 Å². The van der Waals surface area contributed by atoms with Gasteiger partial charge in [0.1, 0.15) is 0 Å². The van der Waals surface area contributed by atoms with E-state index in [1.54, 1.807) is 42.5 Å². The molecular formula is C22H20BrClNO4-. The second kappa shape index (κ2) is 9.09. The van der Waals surface area contributed by atoms with E-state index in [4.69, 9.17) is 11.6 Å². The van der Waals surface area contributed by atoms with Gasteiger partial charge in [-0.1, -0.05) is 52.5 Å². The second-order valence-electron chi connectivity index (χ2n) is 7.48. The highest BCUT2D eigenvalue weighted by Crippen LogP contribution is 2.44. The van der Waals surface area contributed by atoms with Crippen molar-refractivity contribution >= 4 is 50.9 Å². The number of aliphatic carboxylic acids is 1. The minimum absolute atomic E-state index is 0.0801. The smallest absolute Gasteiger partial charge is 0.224 e. The molecule has 7 heteroatoms. The number of amides is 1. The molecule has 0 saturated heterocycles. The number of nitrogens with one attached hydrogen (secondary N) is 1. The summed E-state index contributed by atoms with van der Waals surface area (Å²) >= 11 is 9.52. The Hall–Kier alpha value is -2.18. The first kappa shape index (κ1) is 21.5. The molecule has 0 aliphatic heterocycles. The van der Waals surface area contributed by atoms with Crippen molar-refractivity contribution in [2.45, 2.75) is 38.5 Å². The zero-order chi connectivity index (χ0) is 21.0. The van der Waals surface area contributed by atoms with Crippen LogP contribution < -0.4 is 10.4 Å². The lowest BCUT2D eigenvalue weighted by atomic mass is 9.79. The fourth-order valence-corrected chi connectivity index (χ4v) is 4.57. The molecule has 152 valence electrons. The number of carboxylic acid groups (broad SMARTS) is 1. The van der Waals surface area contributed by atoms with Crippen molar-refractivity contribution in [3.8, 4) is 0 Å². The van der Waals surface area contributed by atoms with Crippen molar-refractivity contribution in [3.63, 3.8) is 0 Å². The van der Waals surface area contributed by atoms with E-state index in [1.165, 1.54) is 0 Å². The molecule has 2 aromatic carbocycles. The lowest BCUT2D eigenvalue weighted by molar-refractivity contribution is -0.308. The van der Waals surface area contributed by atoms with Crippen LogP contribution in [0.1, 0.15) is 54.4 Å². The number of carbonyl (C=O) groups excluding carboxylic acids is 3. The standard InChI is InChI=1S/C22H21BrClNO4/c23-14-7-8-18(16(11-14)21(29)15-5-1-2-6-17(15)24)25-19(26)12-22(13-20(27)28)9-3-4-10-22/h1-2,5-8,11H,3-4,9-10,12-13H2,(H,25,26)(H,27,28)/p-1. The van der Waals surface area contributed by atoms with Crippen LogP contribution in [0.3, 0.4) is 0 Å². The van der Waals surface area contributed by atoms with Crippen LogP contribution in [0, 0.1) is 5.41 Å². The predicted octanol–water partition coefficient (Wildman–Crippen LogP) is 4.36. The van der Waals surface area contributed by atoms with Gasteiger partial charge >= 0.3 is 0 Å². The van der Waals surface area contributed by atoms with Crippen LogP contribution in [0.15, 0.2) is 46.9 Å². The summed E-state index contributed by atoms with van der Waals surface area (Å²) in [5.74, 6) is -1.76. The number of hydrogen-bond donors (Lipinski definition) is 1. The molecule has 0 aromatic heterocycles. The van der Waals surface area contributed by atoms with Crippen molar-refractivity contribution in [2.75, 3.05) is 5.32 Å². The molecule has 3 rings (SSSR count). The Morgan fingerprint density at radius 3 is 2.38 bits per heavy atom. The number of rotatable bonds is 7. The molecule has 0 atom stereocenters. The minimum Gasteiger partial charge on any atom is -0.550 e. The van der Waals surface area contributed by atoms with Gasteiger partial charge in [-0.3, -0.25) is 9.59 Å². The highest BCUT2D eigenvalue weighted by atomic mass is 79.9. The Morgan fingerprint density at radius 1 is 1.03 bits per heavy atom. The summed E-state index contributed by atoms with van der Waals surface area (Å²) in [5.41, 5.74) is 0.434. The lowest BCUT2D eigenvalue weighted by Gasteiger charge is -2.29. The fraction of sp³-hybridized carbons (Fsp3) is 0.318. The molecule has 5 nitrogen and oxygen atoms in total. The van der Waals surface area contributed by atoms with Crippen LogP contribution in [0.4, 0.5) is 5.69 Å². The number of benzene rings is 2. The van der Waals surface area contributed by atoms with E-state index in [1.807, 2.05) is 0 Å². The van der Waals surface area contributed by atoms with Crippen molar-refractivity contribution in [1.29, 1.82) is 0 Å². The van der Waals surface area contributed by atoms with Gasteiger partial charge in [0.15, 0.2) is 5.78 Å². The number of ketones is 1. The largest absolute Gasteiger partial charge is 0.550 e. The number of carbonyl (C=O) groups is 3. The van der Waals surface area contributed by atoms with Gasteiger partial charge in [-0.05, 0) is 55.0 Å². The maximum atomic E-state index is 13.0. The third-order valence-electron chi connectivity index (χ3n) is 5.34. The molecule has 1 amide bonds. The molecule has 0 unspecified atom stereocenters. The highest BCUT2D eigenvalue weighted by Gasteiger charge is 2.36. The average Bonchev–Trinajstić information content (AvgIpc) is 3.10. The van der Waals surface area contributed by atoms with E-state index in [2.05, 4.69) is 21.2 Å². The quantitative estimate of drug-likeness (QED) is 0.600. The molecular weight excluding hydrogens is 458 g/mol. The number of hydrogen-bond acceptors (Lipinski definition) is 4. The average molecular weight is 478 g/mol. The number of halogens is 2. The van der Waals surface area contributed by atoms with E-state index in [0.717, 1.165) is 12.8 Å². The van der Waals surface area contributed by atoms with Gasteiger partial charge in [0.25, 0.3) is 0 Å². The molecule has 1 N–H and O–H groups in total. The van der Waals surface area contributed by atoms with Gasteiger partial charge in [0.05, 0.1) is 10.7 Å². The van der Waals surface area contributed by atoms with Crippen molar-refractivity contribution in [1.82, 2.24) is 0 Å². The van der Waals surface area contributed by atoms with E-state index >= 15 is 0 Å². The molecule has 0 radical (unpaired) electrons. The minimum atomic E-state index is -1.14. The predicted molar refractivity (Wildman–Crippen MR) is 113 cm³/mol. The molecule has 29 heavy (non-hydrogen) atoms. The van der Waals surface area contributed by atoms with Gasteiger partial charge in [-0.25, -0.2) is 0 Å². The molecule has 1 fully saturated rings. The van der Waals surface area contributed by atoms with Gasteiger partial charge in [0.2, 0.25) is 5.91 Å². The van der Waals surface area contributed by atoms with E-state index < -0.39 is 11.4 Å². The maximum absolute atomic E-state index is 13.0. The Labute approximate surface area is 182 Å². The van der Waals surface area contributed by atoms with Crippen LogP contribution in [0.2, 0.25) is 5.02 Å². The van der Waals surface area contributed by atoms with Gasteiger partial charge in [-0.2, -0.15) is 0 Å². The fourth-order valence-electron chi connectivity index (χ4n) is 3.99. The normalized spacial score (nSPS) is 15.1. The SMILES string of the molecule is O=C([O-])CC1(CC(=O)Nc2ccc(Br)cc2C(=O)c2ccccc2Cl)CCCC1. The molecule has 0 heterocycles. The Morgan fingerprint density at radius 2 is 1.72 bits per heavy atom. The Balaban J connectivity index is 1.84. The monoisotopic (exact) mass is 476 g/mol. The van der Waals surface area contributed by atoms with Crippen molar-refractivity contribution in [2.24, 2.45) is 5.41 Å². The molecule has 1 aliphatic carbocycles. The van der Waals surface area contributed by atoms with E-state index in [9.17, 15) is 19.5 Å². The van der Waals surface area contributed by atoms with Crippen LogP contribution in [-0.4, -0.2) is 17.7 Å². The molecule has 0 bridgehead atoms. The summed E-state index contributed by atoms with van der Waals surface area (Å²) in [4.78, 5) is 36.9. The first-order valence-electron chi connectivity index (χ1n) is 9.38. The summed E-state index contributed by atoms with van der Waals surface area (Å²) in [6.07, 6.45) is 3.10. The first-order chi connectivity index (χ1) is 13.8. The second-order valence-corrected chi connectivity index (χ2v) is 8.80. The number of anilines is 1. The van der Waals surface area contributed by atoms with Crippen molar-refractivity contribution in [3.05, 3.63) is 63.1 Å². The highest BCUT2D eigenvalue weighted by molar-refractivity contribution is 9.10. The Bertz CT molecular complexity index is 954. The van der Waals surface area contributed by atoms with Gasteiger partial charge < -0.3 is 15.2 Å². The van der Waals surface area contributed by atoms with Crippen LogP contribution in [-0.2, 0) is 9.59 Å². The van der Waals surface area contributed by atoms with Crippen LogP contribution in [0.25, 0.3) is 0 Å².